The maximum Gasteiger partial charge on any atom is 0.258 e. The molecule has 0 saturated heterocycles. The van der Waals surface area contributed by atoms with Crippen molar-refractivity contribution < 1.29 is 4.79 Å². The van der Waals surface area contributed by atoms with Gasteiger partial charge < -0.3 is 10.6 Å². The maximum absolute atomic E-state index is 12.3. The molecular weight excluding hydrogens is 226 g/mol. The molecule has 0 bridgehead atoms. The third kappa shape index (κ3) is 1.54. The third-order valence-electron chi connectivity index (χ3n) is 3.19. The summed E-state index contributed by atoms with van der Waals surface area (Å²) in [6.07, 6.45) is 0. The first-order valence-electron chi connectivity index (χ1n) is 5.80. The number of amides is 1. The fraction of sp³-hybridized carbons (Fsp3) is 0.143. The minimum absolute atomic E-state index is 0.0280. The molecule has 1 amide bonds. The lowest BCUT2D eigenvalue weighted by Crippen LogP contribution is -2.24. The summed E-state index contributed by atoms with van der Waals surface area (Å²) < 4.78 is 0. The van der Waals surface area contributed by atoms with Gasteiger partial charge in [-0.15, -0.1) is 0 Å². The molecular formula is C14H13N3O. The molecule has 4 heteroatoms. The number of nitrogen functional groups attached to an aromatic ring is 1. The molecule has 0 spiro atoms. The molecule has 2 heterocycles. The van der Waals surface area contributed by atoms with E-state index >= 15 is 0 Å². The van der Waals surface area contributed by atoms with Gasteiger partial charge in [0.25, 0.3) is 5.91 Å². The molecule has 0 fully saturated rings. The van der Waals surface area contributed by atoms with E-state index in [-0.39, 0.29) is 5.91 Å². The van der Waals surface area contributed by atoms with Gasteiger partial charge in [0.15, 0.2) is 0 Å². The van der Waals surface area contributed by atoms with Crippen LogP contribution in [0.15, 0.2) is 36.4 Å². The van der Waals surface area contributed by atoms with Gasteiger partial charge in [-0.2, -0.15) is 0 Å². The Kier molecular flexibility index (Phi) is 2.30. The van der Waals surface area contributed by atoms with Crippen LogP contribution in [0.2, 0.25) is 0 Å². The second kappa shape index (κ2) is 3.84. The Labute approximate surface area is 105 Å². The lowest BCUT2D eigenvalue weighted by Gasteiger charge is -2.17. The van der Waals surface area contributed by atoms with Gasteiger partial charge in [-0.1, -0.05) is 18.2 Å². The summed E-state index contributed by atoms with van der Waals surface area (Å²) >= 11 is 0. The molecule has 0 saturated carbocycles. The normalized spacial score (nSPS) is 13.8. The number of rotatable bonds is 1. The Balaban J connectivity index is 2.04. The van der Waals surface area contributed by atoms with Gasteiger partial charge in [0.2, 0.25) is 0 Å². The number of fused-ring (bicyclic) bond motifs is 1. The van der Waals surface area contributed by atoms with E-state index in [1.807, 2.05) is 37.3 Å². The van der Waals surface area contributed by atoms with Gasteiger partial charge in [0.05, 0.1) is 17.9 Å². The van der Waals surface area contributed by atoms with Gasteiger partial charge in [0.1, 0.15) is 5.82 Å². The van der Waals surface area contributed by atoms with Crippen LogP contribution in [0, 0.1) is 6.92 Å². The van der Waals surface area contributed by atoms with Crippen molar-refractivity contribution in [3.8, 4) is 0 Å². The Morgan fingerprint density at radius 2 is 2.00 bits per heavy atom. The van der Waals surface area contributed by atoms with Crippen LogP contribution in [0.1, 0.15) is 21.6 Å². The zero-order valence-electron chi connectivity index (χ0n) is 10.1. The van der Waals surface area contributed by atoms with Gasteiger partial charge in [-0.05, 0) is 30.7 Å². The summed E-state index contributed by atoms with van der Waals surface area (Å²) in [5.74, 6) is 0.501. The van der Waals surface area contributed by atoms with Gasteiger partial charge in [0, 0.05) is 5.56 Å². The van der Waals surface area contributed by atoms with Crippen LogP contribution >= 0.6 is 0 Å². The predicted molar refractivity (Wildman–Crippen MR) is 70.3 cm³/mol. The van der Waals surface area contributed by atoms with Crippen molar-refractivity contribution in [2.75, 3.05) is 10.6 Å². The van der Waals surface area contributed by atoms with E-state index in [0.717, 1.165) is 22.5 Å². The summed E-state index contributed by atoms with van der Waals surface area (Å²) in [6.45, 7) is 2.46. The van der Waals surface area contributed by atoms with E-state index in [2.05, 4.69) is 4.98 Å². The largest absolute Gasteiger partial charge is 0.384 e. The Hall–Kier alpha value is -2.36. The predicted octanol–water partition coefficient (Wildman–Crippen LogP) is 2.13. The summed E-state index contributed by atoms with van der Waals surface area (Å²) in [6, 6.07) is 11.2. The summed E-state index contributed by atoms with van der Waals surface area (Å²) in [7, 11) is 0. The lowest BCUT2D eigenvalue weighted by atomic mass is 10.1. The van der Waals surface area contributed by atoms with E-state index in [0.29, 0.717) is 12.4 Å². The molecule has 3 rings (SSSR count). The van der Waals surface area contributed by atoms with Crippen LogP contribution in [-0.2, 0) is 6.54 Å². The highest BCUT2D eigenvalue weighted by atomic mass is 16.2. The number of benzene rings is 1. The molecule has 1 aliphatic heterocycles. The topological polar surface area (TPSA) is 59.2 Å². The van der Waals surface area contributed by atoms with E-state index in [4.69, 9.17) is 5.73 Å². The molecule has 1 aliphatic rings. The Bertz CT molecular complexity index is 637. The number of aromatic nitrogens is 1. The van der Waals surface area contributed by atoms with Gasteiger partial charge >= 0.3 is 0 Å². The smallest absolute Gasteiger partial charge is 0.258 e. The van der Waals surface area contributed by atoms with Crippen molar-refractivity contribution in [2.45, 2.75) is 13.5 Å². The minimum atomic E-state index is 0.0280. The van der Waals surface area contributed by atoms with E-state index in [1.54, 1.807) is 11.0 Å². The summed E-state index contributed by atoms with van der Waals surface area (Å²) in [5.41, 5.74) is 9.06. The van der Waals surface area contributed by atoms with E-state index in [9.17, 15) is 4.79 Å². The molecule has 1 aromatic heterocycles. The van der Waals surface area contributed by atoms with Crippen molar-refractivity contribution in [1.82, 2.24) is 4.98 Å². The number of nitrogens with zero attached hydrogens (tertiary/aromatic N) is 2. The highest BCUT2D eigenvalue weighted by molar-refractivity contribution is 6.10. The number of nitrogens with two attached hydrogens (primary N) is 1. The van der Waals surface area contributed by atoms with Crippen LogP contribution in [0.25, 0.3) is 0 Å². The summed E-state index contributed by atoms with van der Waals surface area (Å²) in [4.78, 5) is 18.2. The lowest BCUT2D eigenvalue weighted by molar-refractivity contribution is 0.0996. The first-order chi connectivity index (χ1) is 8.66. The molecule has 2 N–H and O–H groups in total. The van der Waals surface area contributed by atoms with Crippen LogP contribution in [0.3, 0.4) is 0 Å². The number of carbonyl (C=O) groups is 1. The summed E-state index contributed by atoms with van der Waals surface area (Å²) in [5, 5.41) is 0. The van der Waals surface area contributed by atoms with Crippen LogP contribution < -0.4 is 10.6 Å². The molecule has 2 aromatic rings. The molecule has 0 aliphatic carbocycles. The fourth-order valence-corrected chi connectivity index (χ4v) is 2.31. The van der Waals surface area contributed by atoms with Crippen LogP contribution in [0.4, 0.5) is 11.5 Å². The first-order valence-corrected chi connectivity index (χ1v) is 5.80. The second-order valence-corrected chi connectivity index (χ2v) is 4.39. The number of carbonyl (C=O) groups excluding carboxylic acids is 1. The number of aryl methyl sites for hydroxylation is 1. The van der Waals surface area contributed by atoms with E-state index < -0.39 is 0 Å². The average Bonchev–Trinajstić information content (AvgIpc) is 2.68. The van der Waals surface area contributed by atoms with Gasteiger partial charge in [-0.3, -0.25) is 4.79 Å². The maximum atomic E-state index is 12.3. The SMILES string of the molecule is Cc1nc(N)ccc1N1Cc2ccccc2C1=O. The Morgan fingerprint density at radius 3 is 2.72 bits per heavy atom. The standard InChI is InChI=1S/C14H13N3O/c1-9-12(6-7-13(15)16-9)17-8-10-4-2-3-5-11(10)14(17)18/h2-7H,8H2,1H3,(H2,15,16). The third-order valence-corrected chi connectivity index (χ3v) is 3.19. The number of hydrogen-bond donors (Lipinski definition) is 1. The van der Waals surface area contributed by atoms with Crippen LogP contribution in [0.5, 0.6) is 0 Å². The number of hydrogen-bond acceptors (Lipinski definition) is 3. The Morgan fingerprint density at radius 1 is 1.22 bits per heavy atom. The average molecular weight is 239 g/mol. The van der Waals surface area contributed by atoms with Crippen molar-refractivity contribution in [3.05, 3.63) is 53.2 Å². The first kappa shape index (κ1) is 10.8. The zero-order valence-corrected chi connectivity index (χ0v) is 10.1. The number of pyridine rings is 1. The van der Waals surface area contributed by atoms with Gasteiger partial charge in [-0.25, -0.2) is 4.98 Å². The molecule has 4 nitrogen and oxygen atoms in total. The fourth-order valence-electron chi connectivity index (χ4n) is 2.31. The molecule has 0 unspecified atom stereocenters. The highest BCUT2D eigenvalue weighted by Gasteiger charge is 2.28. The minimum Gasteiger partial charge on any atom is -0.384 e. The zero-order chi connectivity index (χ0) is 12.7. The monoisotopic (exact) mass is 239 g/mol. The molecule has 0 radical (unpaired) electrons. The molecule has 0 atom stereocenters. The van der Waals surface area contributed by atoms with Crippen molar-refractivity contribution in [1.29, 1.82) is 0 Å². The number of anilines is 2. The van der Waals surface area contributed by atoms with Crippen LogP contribution in [-0.4, -0.2) is 10.9 Å². The molecule has 90 valence electrons. The van der Waals surface area contributed by atoms with Crippen molar-refractivity contribution >= 4 is 17.4 Å². The molecule has 1 aromatic carbocycles. The van der Waals surface area contributed by atoms with Crippen molar-refractivity contribution in [2.24, 2.45) is 0 Å². The quantitative estimate of drug-likeness (QED) is 0.829. The van der Waals surface area contributed by atoms with Crippen molar-refractivity contribution in [3.63, 3.8) is 0 Å². The van der Waals surface area contributed by atoms with E-state index in [1.165, 1.54) is 0 Å². The highest BCUT2D eigenvalue weighted by Crippen LogP contribution is 2.29. The molecule has 18 heavy (non-hydrogen) atoms. The second-order valence-electron chi connectivity index (χ2n) is 4.39.